The Bertz CT molecular complexity index is 1300. The van der Waals surface area contributed by atoms with Crippen LogP contribution in [0.2, 0.25) is 0 Å². The van der Waals surface area contributed by atoms with Crippen LogP contribution in [0.15, 0.2) is 97.1 Å². The number of unbranched alkanes of at least 4 members (excludes halogenated alkanes) is 8. The Balaban J connectivity index is 0.000000230. The Morgan fingerprint density at radius 2 is 0.810 bits per heavy atom. The van der Waals surface area contributed by atoms with Crippen LogP contribution < -0.4 is 0 Å². The van der Waals surface area contributed by atoms with Crippen LogP contribution in [-0.4, -0.2) is 0 Å². The highest BCUT2D eigenvalue weighted by Gasteiger charge is 2.10. The topological polar surface area (TPSA) is 47.6 Å². The van der Waals surface area contributed by atoms with Gasteiger partial charge in [-0.05, 0) is 59.1 Å². The fraction of sp³-hybridized carbons (Fsp3) is 0.350. The second kappa shape index (κ2) is 19.1. The molecule has 4 aromatic carbocycles. The highest BCUT2D eigenvalue weighted by atomic mass is 14.3. The highest BCUT2D eigenvalue weighted by Crippen LogP contribution is 2.28. The van der Waals surface area contributed by atoms with Gasteiger partial charge in [0.2, 0.25) is 0 Å². The van der Waals surface area contributed by atoms with Gasteiger partial charge in [-0.15, -0.1) is 0 Å². The number of hydrogen-bond donors (Lipinski definition) is 0. The molecule has 0 aromatic heterocycles. The molecule has 2 nitrogen and oxygen atoms in total. The Morgan fingerprint density at radius 3 is 1.17 bits per heavy atom. The number of benzene rings is 4. The maximum Gasteiger partial charge on any atom is 0.100 e. The van der Waals surface area contributed by atoms with Crippen LogP contribution in [-0.2, 0) is 12.8 Å². The zero-order chi connectivity index (χ0) is 29.8. The molecule has 0 fully saturated rings. The van der Waals surface area contributed by atoms with E-state index in [2.05, 4.69) is 86.6 Å². The summed E-state index contributed by atoms with van der Waals surface area (Å²) in [5, 5.41) is 19.1. The minimum Gasteiger partial charge on any atom is -0.192 e. The van der Waals surface area contributed by atoms with Crippen molar-refractivity contribution in [2.45, 2.75) is 90.9 Å². The van der Waals surface area contributed by atoms with Crippen molar-refractivity contribution < 1.29 is 0 Å². The third kappa shape index (κ3) is 10.0. The number of nitriles is 2. The summed E-state index contributed by atoms with van der Waals surface area (Å²) in [6.45, 7) is 4.47. The average Bonchev–Trinajstić information content (AvgIpc) is 3.05. The second-order valence-electron chi connectivity index (χ2n) is 11.0. The first kappa shape index (κ1) is 32.4. The first-order chi connectivity index (χ1) is 20.7. The van der Waals surface area contributed by atoms with Gasteiger partial charge in [0, 0.05) is 0 Å². The third-order valence-electron chi connectivity index (χ3n) is 7.79. The van der Waals surface area contributed by atoms with E-state index in [1.54, 1.807) is 0 Å². The summed E-state index contributed by atoms with van der Waals surface area (Å²) in [4.78, 5) is 0. The zero-order valence-electron chi connectivity index (χ0n) is 25.6. The largest absolute Gasteiger partial charge is 0.192 e. The standard InChI is InChI=1S/2C20H23N/c2*1-2-3-4-5-7-13-18-14-10-15-19(20(18)16-21)17-11-8-6-9-12-17/h2*6,8-12,14-15H,2-5,7,13H2,1H3. The lowest BCUT2D eigenvalue weighted by molar-refractivity contribution is 0.632. The van der Waals surface area contributed by atoms with E-state index in [9.17, 15) is 10.5 Å². The van der Waals surface area contributed by atoms with E-state index < -0.39 is 0 Å². The summed E-state index contributed by atoms with van der Waals surface area (Å²) in [5.41, 5.74) is 8.45. The summed E-state index contributed by atoms with van der Waals surface area (Å²) in [7, 11) is 0. The van der Waals surface area contributed by atoms with E-state index in [0.29, 0.717) is 0 Å². The molecule has 4 aromatic rings. The van der Waals surface area contributed by atoms with Crippen molar-refractivity contribution in [1.82, 2.24) is 0 Å². The average molecular weight is 555 g/mol. The lowest BCUT2D eigenvalue weighted by Gasteiger charge is -2.09. The Morgan fingerprint density at radius 1 is 0.429 bits per heavy atom. The van der Waals surface area contributed by atoms with Gasteiger partial charge < -0.3 is 0 Å². The molecule has 2 heteroatoms. The van der Waals surface area contributed by atoms with E-state index in [4.69, 9.17) is 0 Å². The van der Waals surface area contributed by atoms with Crippen molar-refractivity contribution in [3.63, 3.8) is 0 Å². The molecule has 0 unspecified atom stereocenters. The maximum absolute atomic E-state index is 9.55. The molecular weight excluding hydrogens is 508 g/mol. The summed E-state index contributed by atoms with van der Waals surface area (Å²) in [6.07, 6.45) is 14.7. The third-order valence-corrected chi connectivity index (χ3v) is 7.79. The van der Waals surface area contributed by atoms with Crippen LogP contribution in [0.25, 0.3) is 22.3 Å². The molecule has 0 N–H and O–H groups in total. The van der Waals surface area contributed by atoms with Crippen LogP contribution in [0.4, 0.5) is 0 Å². The van der Waals surface area contributed by atoms with Gasteiger partial charge in [-0.25, -0.2) is 0 Å². The molecule has 0 bridgehead atoms. The zero-order valence-corrected chi connectivity index (χ0v) is 25.6. The first-order valence-corrected chi connectivity index (χ1v) is 15.9. The number of aryl methyl sites for hydroxylation is 2. The van der Waals surface area contributed by atoms with Crippen LogP contribution in [0.1, 0.15) is 100 Å². The Kier molecular flexibility index (Phi) is 14.7. The molecule has 0 spiro atoms. The maximum atomic E-state index is 9.55. The Hall–Kier alpha value is -4.14. The van der Waals surface area contributed by atoms with Gasteiger partial charge in [0.05, 0.1) is 11.1 Å². The van der Waals surface area contributed by atoms with Crippen molar-refractivity contribution in [3.05, 3.63) is 119 Å². The lowest BCUT2D eigenvalue weighted by atomic mass is 9.93. The monoisotopic (exact) mass is 554 g/mol. The predicted molar refractivity (Wildman–Crippen MR) is 178 cm³/mol. The fourth-order valence-corrected chi connectivity index (χ4v) is 5.44. The van der Waals surface area contributed by atoms with Crippen molar-refractivity contribution in [3.8, 4) is 34.4 Å². The number of nitrogens with zero attached hydrogens (tertiary/aromatic N) is 2. The molecular formula is C40H46N2. The lowest BCUT2D eigenvalue weighted by Crippen LogP contribution is -1.94. The van der Waals surface area contributed by atoms with Crippen molar-refractivity contribution in [2.75, 3.05) is 0 Å². The smallest absolute Gasteiger partial charge is 0.100 e. The van der Waals surface area contributed by atoms with Crippen molar-refractivity contribution >= 4 is 0 Å². The fourth-order valence-electron chi connectivity index (χ4n) is 5.44. The molecule has 0 radical (unpaired) electrons. The molecule has 4 rings (SSSR count). The van der Waals surface area contributed by atoms with Crippen LogP contribution in [0, 0.1) is 22.7 Å². The summed E-state index contributed by atoms with van der Waals surface area (Å²) in [5.74, 6) is 0. The molecule has 216 valence electrons. The normalized spacial score (nSPS) is 10.3. The van der Waals surface area contributed by atoms with Crippen LogP contribution in [0.5, 0.6) is 0 Å². The summed E-state index contributed by atoms with van der Waals surface area (Å²) < 4.78 is 0. The first-order valence-electron chi connectivity index (χ1n) is 15.9. The SMILES string of the molecule is CCCCCCCc1cccc(-c2ccccc2)c1C#N.CCCCCCCc1cccc(-c2ccccc2)c1C#N. The van der Waals surface area contributed by atoms with Crippen LogP contribution >= 0.6 is 0 Å². The predicted octanol–water partition coefficient (Wildman–Crippen LogP) is 11.5. The van der Waals surface area contributed by atoms with E-state index in [1.165, 1.54) is 75.3 Å². The van der Waals surface area contributed by atoms with Gasteiger partial charge in [-0.2, -0.15) is 10.5 Å². The highest BCUT2D eigenvalue weighted by molar-refractivity contribution is 5.73. The molecule has 0 heterocycles. The number of rotatable bonds is 14. The quantitative estimate of drug-likeness (QED) is 0.146. The molecule has 0 aliphatic rings. The number of hydrogen-bond acceptors (Lipinski definition) is 2. The van der Waals surface area contributed by atoms with E-state index in [0.717, 1.165) is 46.2 Å². The summed E-state index contributed by atoms with van der Waals surface area (Å²) >= 11 is 0. The van der Waals surface area contributed by atoms with E-state index in [1.807, 2.05) is 36.4 Å². The molecule has 0 saturated heterocycles. The molecule has 0 atom stereocenters. The van der Waals surface area contributed by atoms with Gasteiger partial charge in [-0.3, -0.25) is 0 Å². The van der Waals surface area contributed by atoms with E-state index in [-0.39, 0.29) is 0 Å². The van der Waals surface area contributed by atoms with Crippen LogP contribution in [0.3, 0.4) is 0 Å². The minimum absolute atomic E-state index is 0.846. The van der Waals surface area contributed by atoms with Gasteiger partial charge in [-0.1, -0.05) is 162 Å². The molecule has 0 amide bonds. The molecule has 0 saturated carbocycles. The Labute approximate surface area is 254 Å². The van der Waals surface area contributed by atoms with Crippen molar-refractivity contribution in [2.24, 2.45) is 0 Å². The second-order valence-corrected chi connectivity index (χ2v) is 11.0. The van der Waals surface area contributed by atoms with Gasteiger partial charge in [0.15, 0.2) is 0 Å². The van der Waals surface area contributed by atoms with Crippen molar-refractivity contribution in [1.29, 1.82) is 10.5 Å². The van der Waals surface area contributed by atoms with Gasteiger partial charge in [0.25, 0.3) is 0 Å². The van der Waals surface area contributed by atoms with Gasteiger partial charge in [0.1, 0.15) is 12.1 Å². The van der Waals surface area contributed by atoms with E-state index >= 15 is 0 Å². The minimum atomic E-state index is 0.846. The molecule has 42 heavy (non-hydrogen) atoms. The van der Waals surface area contributed by atoms with Gasteiger partial charge >= 0.3 is 0 Å². The summed E-state index contributed by atoms with van der Waals surface area (Å²) in [6, 6.07) is 37.7. The molecule has 0 aliphatic heterocycles. The molecule has 0 aliphatic carbocycles.